The maximum atomic E-state index is 10.9. The Kier molecular flexibility index (Phi) is 5.16. The van der Waals surface area contributed by atoms with Crippen molar-refractivity contribution in [1.29, 1.82) is 0 Å². The van der Waals surface area contributed by atoms with E-state index in [1.165, 1.54) is 6.07 Å². The van der Waals surface area contributed by atoms with Crippen molar-refractivity contribution >= 4 is 27.3 Å². The highest BCUT2D eigenvalue weighted by Gasteiger charge is 2.11. The molecule has 0 aliphatic carbocycles. The SMILES string of the molecule is COc1cc(NCCc2ccccc2[N+](=O)[O-])ccc1Br. The molecule has 21 heavy (non-hydrogen) atoms. The lowest BCUT2D eigenvalue weighted by atomic mass is 10.1. The lowest BCUT2D eigenvalue weighted by Crippen LogP contribution is -2.06. The van der Waals surface area contributed by atoms with Gasteiger partial charge in [0, 0.05) is 29.9 Å². The summed E-state index contributed by atoms with van der Waals surface area (Å²) in [5.41, 5.74) is 1.79. The maximum absolute atomic E-state index is 10.9. The molecule has 0 heterocycles. The van der Waals surface area contributed by atoms with Gasteiger partial charge in [0.1, 0.15) is 5.75 Å². The highest BCUT2D eigenvalue weighted by atomic mass is 79.9. The third-order valence-electron chi connectivity index (χ3n) is 3.06. The number of nitro benzene ring substituents is 1. The second-order valence-corrected chi connectivity index (χ2v) is 5.27. The topological polar surface area (TPSA) is 64.4 Å². The molecule has 0 aliphatic heterocycles. The van der Waals surface area contributed by atoms with Crippen molar-refractivity contribution in [2.75, 3.05) is 19.0 Å². The fraction of sp³-hybridized carbons (Fsp3) is 0.200. The molecular weight excluding hydrogens is 336 g/mol. The number of para-hydroxylation sites is 1. The minimum Gasteiger partial charge on any atom is -0.495 e. The van der Waals surface area contributed by atoms with Crippen LogP contribution in [0.2, 0.25) is 0 Å². The highest BCUT2D eigenvalue weighted by molar-refractivity contribution is 9.10. The summed E-state index contributed by atoms with van der Waals surface area (Å²) in [6.07, 6.45) is 0.579. The molecule has 0 amide bonds. The van der Waals surface area contributed by atoms with E-state index in [-0.39, 0.29) is 10.6 Å². The van der Waals surface area contributed by atoms with Crippen molar-refractivity contribution in [2.24, 2.45) is 0 Å². The van der Waals surface area contributed by atoms with Crippen LogP contribution in [-0.2, 0) is 6.42 Å². The van der Waals surface area contributed by atoms with Crippen LogP contribution in [0.1, 0.15) is 5.56 Å². The molecule has 0 radical (unpaired) electrons. The highest BCUT2D eigenvalue weighted by Crippen LogP contribution is 2.28. The van der Waals surface area contributed by atoms with Crippen LogP contribution in [-0.4, -0.2) is 18.6 Å². The Balaban J connectivity index is 2.00. The van der Waals surface area contributed by atoms with Gasteiger partial charge in [0.15, 0.2) is 0 Å². The molecule has 0 saturated heterocycles. The minimum absolute atomic E-state index is 0.160. The summed E-state index contributed by atoms with van der Waals surface area (Å²) in [6, 6.07) is 12.5. The van der Waals surface area contributed by atoms with E-state index in [0.29, 0.717) is 13.0 Å². The van der Waals surface area contributed by atoms with Gasteiger partial charge >= 0.3 is 0 Å². The van der Waals surface area contributed by atoms with E-state index >= 15 is 0 Å². The van der Waals surface area contributed by atoms with Gasteiger partial charge in [0.2, 0.25) is 0 Å². The molecule has 2 aromatic rings. The summed E-state index contributed by atoms with van der Waals surface area (Å²) >= 11 is 3.39. The van der Waals surface area contributed by atoms with Crippen molar-refractivity contribution in [3.63, 3.8) is 0 Å². The van der Waals surface area contributed by atoms with Gasteiger partial charge in [-0.3, -0.25) is 10.1 Å². The van der Waals surface area contributed by atoms with Crippen LogP contribution in [0.15, 0.2) is 46.9 Å². The molecule has 0 aliphatic rings. The lowest BCUT2D eigenvalue weighted by Gasteiger charge is -2.09. The fourth-order valence-corrected chi connectivity index (χ4v) is 2.42. The molecule has 1 N–H and O–H groups in total. The second-order valence-electron chi connectivity index (χ2n) is 4.41. The summed E-state index contributed by atoms with van der Waals surface area (Å²) in [5, 5.41) is 14.2. The lowest BCUT2D eigenvalue weighted by molar-refractivity contribution is -0.385. The summed E-state index contributed by atoms with van der Waals surface area (Å²) < 4.78 is 6.11. The van der Waals surface area contributed by atoms with Crippen LogP contribution in [0.5, 0.6) is 5.75 Å². The Bertz CT molecular complexity index is 647. The predicted molar refractivity (Wildman–Crippen MR) is 86.0 cm³/mol. The molecule has 0 aromatic heterocycles. The number of nitrogens with zero attached hydrogens (tertiary/aromatic N) is 1. The number of nitrogens with one attached hydrogen (secondary N) is 1. The molecule has 2 aromatic carbocycles. The summed E-state index contributed by atoms with van der Waals surface area (Å²) in [4.78, 5) is 10.6. The minimum atomic E-state index is -0.349. The molecule has 0 bridgehead atoms. The third kappa shape index (κ3) is 3.95. The number of ether oxygens (including phenoxy) is 1. The molecule has 6 heteroatoms. The molecule has 0 unspecified atom stereocenters. The number of hydrogen-bond donors (Lipinski definition) is 1. The van der Waals surface area contributed by atoms with Crippen molar-refractivity contribution in [3.8, 4) is 5.75 Å². The first-order valence-corrected chi connectivity index (χ1v) is 7.21. The first-order chi connectivity index (χ1) is 10.1. The van der Waals surface area contributed by atoms with E-state index in [1.54, 1.807) is 19.2 Å². The van der Waals surface area contributed by atoms with Gasteiger partial charge in [0.25, 0.3) is 5.69 Å². The van der Waals surface area contributed by atoms with E-state index in [4.69, 9.17) is 4.74 Å². The Hall–Kier alpha value is -2.08. The summed E-state index contributed by atoms with van der Waals surface area (Å²) in [7, 11) is 1.61. The van der Waals surface area contributed by atoms with Gasteiger partial charge < -0.3 is 10.1 Å². The van der Waals surface area contributed by atoms with Crippen molar-refractivity contribution < 1.29 is 9.66 Å². The van der Waals surface area contributed by atoms with E-state index in [2.05, 4.69) is 21.2 Å². The monoisotopic (exact) mass is 350 g/mol. The molecule has 0 spiro atoms. The zero-order valence-corrected chi connectivity index (χ0v) is 13.1. The van der Waals surface area contributed by atoms with Crippen molar-refractivity contribution in [3.05, 3.63) is 62.6 Å². The molecule has 2 rings (SSSR count). The van der Waals surface area contributed by atoms with Crippen LogP contribution >= 0.6 is 15.9 Å². The molecule has 5 nitrogen and oxygen atoms in total. The number of halogens is 1. The normalized spacial score (nSPS) is 10.2. The maximum Gasteiger partial charge on any atom is 0.272 e. The molecular formula is C15H15BrN2O3. The predicted octanol–water partition coefficient (Wildman–Crippen LogP) is 4.02. The number of rotatable bonds is 6. The van der Waals surface area contributed by atoms with Gasteiger partial charge in [-0.25, -0.2) is 0 Å². The first kappa shape index (κ1) is 15.3. The molecule has 110 valence electrons. The first-order valence-electron chi connectivity index (χ1n) is 6.41. The number of hydrogen-bond acceptors (Lipinski definition) is 4. The van der Waals surface area contributed by atoms with Gasteiger partial charge in [-0.1, -0.05) is 18.2 Å². The van der Waals surface area contributed by atoms with Gasteiger partial charge in [0.05, 0.1) is 16.5 Å². The van der Waals surface area contributed by atoms with Crippen LogP contribution in [0.25, 0.3) is 0 Å². The van der Waals surface area contributed by atoms with Crippen LogP contribution in [0, 0.1) is 10.1 Å². The number of methoxy groups -OCH3 is 1. The average Bonchev–Trinajstić information content (AvgIpc) is 2.49. The van der Waals surface area contributed by atoms with E-state index < -0.39 is 0 Å². The zero-order chi connectivity index (χ0) is 15.2. The Morgan fingerprint density at radius 3 is 2.76 bits per heavy atom. The summed E-state index contributed by atoms with van der Waals surface area (Å²) in [5.74, 6) is 0.741. The smallest absolute Gasteiger partial charge is 0.272 e. The zero-order valence-electron chi connectivity index (χ0n) is 11.5. The third-order valence-corrected chi connectivity index (χ3v) is 3.72. The van der Waals surface area contributed by atoms with E-state index in [1.807, 2.05) is 24.3 Å². The molecule has 0 atom stereocenters. The number of anilines is 1. The molecule has 0 fully saturated rings. The van der Waals surface area contributed by atoms with Gasteiger partial charge in [-0.2, -0.15) is 0 Å². The number of benzene rings is 2. The Labute approximate surface area is 131 Å². The largest absolute Gasteiger partial charge is 0.495 e. The Morgan fingerprint density at radius 2 is 2.05 bits per heavy atom. The second kappa shape index (κ2) is 7.08. The standard InChI is InChI=1S/C15H15BrN2O3/c1-21-15-10-12(6-7-13(15)16)17-9-8-11-4-2-3-5-14(11)18(19)20/h2-7,10,17H,8-9H2,1H3. The van der Waals surface area contributed by atoms with Crippen molar-refractivity contribution in [2.45, 2.75) is 6.42 Å². The van der Waals surface area contributed by atoms with E-state index in [0.717, 1.165) is 21.5 Å². The quantitative estimate of drug-likeness (QED) is 0.631. The summed E-state index contributed by atoms with van der Waals surface area (Å²) in [6.45, 7) is 0.607. The fourth-order valence-electron chi connectivity index (χ4n) is 2.01. The van der Waals surface area contributed by atoms with Crippen LogP contribution in [0.3, 0.4) is 0 Å². The average molecular weight is 351 g/mol. The van der Waals surface area contributed by atoms with Gasteiger partial charge in [-0.05, 0) is 34.5 Å². The molecule has 0 saturated carbocycles. The van der Waals surface area contributed by atoms with Gasteiger partial charge in [-0.15, -0.1) is 0 Å². The Morgan fingerprint density at radius 1 is 1.29 bits per heavy atom. The van der Waals surface area contributed by atoms with Crippen molar-refractivity contribution in [1.82, 2.24) is 0 Å². The van der Waals surface area contributed by atoms with Crippen LogP contribution < -0.4 is 10.1 Å². The number of nitro groups is 1. The van der Waals surface area contributed by atoms with Crippen LogP contribution in [0.4, 0.5) is 11.4 Å². The van der Waals surface area contributed by atoms with E-state index in [9.17, 15) is 10.1 Å².